The molecule has 2 aliphatic heterocycles. The van der Waals surface area contributed by atoms with Crippen molar-refractivity contribution in [3.05, 3.63) is 95.6 Å². The van der Waals surface area contributed by atoms with E-state index in [1.54, 1.807) is 29.2 Å². The minimum absolute atomic E-state index is 0.0832. The van der Waals surface area contributed by atoms with Gasteiger partial charge < -0.3 is 4.90 Å². The Morgan fingerprint density at radius 1 is 0.906 bits per heavy atom. The van der Waals surface area contributed by atoms with Crippen molar-refractivity contribution in [1.82, 2.24) is 4.31 Å². The normalized spacial score (nSPS) is 21.0. The quantitative estimate of drug-likeness (QED) is 0.600. The van der Waals surface area contributed by atoms with Gasteiger partial charge in [-0.15, -0.1) is 0 Å². The summed E-state index contributed by atoms with van der Waals surface area (Å²) in [4.78, 5) is 15.8. The van der Waals surface area contributed by atoms with Crippen LogP contribution in [0.4, 0.5) is 5.69 Å². The maximum absolute atomic E-state index is 13.7. The minimum atomic E-state index is -3.74. The Morgan fingerprint density at radius 2 is 1.59 bits per heavy atom. The highest BCUT2D eigenvalue weighted by Crippen LogP contribution is 2.41. The molecule has 3 aromatic rings. The fourth-order valence-corrected chi connectivity index (χ4v) is 6.54. The average Bonchev–Trinajstić information content (AvgIpc) is 3.46. The molecule has 0 bridgehead atoms. The smallest absolute Gasteiger partial charge is 0.245 e. The zero-order valence-corrected chi connectivity index (χ0v) is 18.8. The SMILES string of the molecule is Cc1ccc(S(=O)(=O)N2CCC[C@@H]2C(=O)N2CC(c3ccccc3)c3ccccc32)cc1. The van der Waals surface area contributed by atoms with Gasteiger partial charge in [0, 0.05) is 24.7 Å². The Labute approximate surface area is 189 Å². The largest absolute Gasteiger partial charge is 0.310 e. The van der Waals surface area contributed by atoms with Gasteiger partial charge >= 0.3 is 0 Å². The van der Waals surface area contributed by atoms with Crippen LogP contribution in [0.15, 0.2) is 83.8 Å². The van der Waals surface area contributed by atoms with Crippen molar-refractivity contribution in [2.45, 2.75) is 36.6 Å². The summed E-state index contributed by atoms with van der Waals surface area (Å²) < 4.78 is 28.1. The Hall–Kier alpha value is -2.96. The molecule has 0 radical (unpaired) electrons. The monoisotopic (exact) mass is 446 g/mol. The van der Waals surface area contributed by atoms with Crippen molar-refractivity contribution in [2.24, 2.45) is 0 Å². The Balaban J connectivity index is 1.46. The van der Waals surface area contributed by atoms with Gasteiger partial charge in [0.25, 0.3) is 0 Å². The van der Waals surface area contributed by atoms with E-state index in [0.717, 1.165) is 22.4 Å². The predicted octanol–water partition coefficient (Wildman–Crippen LogP) is 4.33. The van der Waals surface area contributed by atoms with Gasteiger partial charge in [-0.1, -0.05) is 66.2 Å². The van der Waals surface area contributed by atoms with Gasteiger partial charge in [-0.3, -0.25) is 4.79 Å². The van der Waals surface area contributed by atoms with E-state index in [0.29, 0.717) is 25.9 Å². The second-order valence-corrected chi connectivity index (χ2v) is 10.4. The number of para-hydroxylation sites is 1. The zero-order valence-electron chi connectivity index (χ0n) is 18.0. The molecule has 2 atom stereocenters. The van der Waals surface area contributed by atoms with Gasteiger partial charge in [0.15, 0.2) is 0 Å². The van der Waals surface area contributed by atoms with Crippen molar-refractivity contribution in [3.8, 4) is 0 Å². The Morgan fingerprint density at radius 3 is 2.34 bits per heavy atom. The molecular weight excluding hydrogens is 420 g/mol. The maximum atomic E-state index is 13.7. The van der Waals surface area contributed by atoms with E-state index in [1.165, 1.54) is 4.31 Å². The van der Waals surface area contributed by atoms with Crippen molar-refractivity contribution in [3.63, 3.8) is 0 Å². The third-order valence-electron chi connectivity index (χ3n) is 6.55. The summed E-state index contributed by atoms with van der Waals surface area (Å²) in [6.07, 6.45) is 1.22. The molecule has 164 valence electrons. The van der Waals surface area contributed by atoms with E-state index in [4.69, 9.17) is 0 Å². The van der Waals surface area contributed by atoms with Crippen LogP contribution in [-0.4, -0.2) is 37.8 Å². The number of hydrogen-bond donors (Lipinski definition) is 0. The summed E-state index contributed by atoms with van der Waals surface area (Å²) in [5.74, 6) is -0.0519. The van der Waals surface area contributed by atoms with E-state index in [1.807, 2.05) is 43.3 Å². The van der Waals surface area contributed by atoms with E-state index < -0.39 is 16.1 Å². The minimum Gasteiger partial charge on any atom is -0.310 e. The number of amides is 1. The molecule has 0 spiro atoms. The van der Waals surface area contributed by atoms with Crippen LogP contribution in [0.1, 0.15) is 35.4 Å². The van der Waals surface area contributed by atoms with Gasteiger partial charge in [-0.2, -0.15) is 4.31 Å². The van der Waals surface area contributed by atoms with Crippen molar-refractivity contribution in [1.29, 1.82) is 0 Å². The zero-order chi connectivity index (χ0) is 22.3. The summed E-state index contributed by atoms with van der Waals surface area (Å²) in [6, 6.07) is 24.3. The Bertz CT molecular complexity index is 1240. The number of hydrogen-bond acceptors (Lipinski definition) is 3. The number of carbonyl (C=O) groups excluding carboxylic acids is 1. The lowest BCUT2D eigenvalue weighted by Crippen LogP contribution is -2.47. The summed E-state index contributed by atoms with van der Waals surface area (Å²) >= 11 is 0. The number of anilines is 1. The maximum Gasteiger partial charge on any atom is 0.245 e. The molecule has 1 unspecified atom stereocenters. The second kappa shape index (κ2) is 8.19. The number of fused-ring (bicyclic) bond motifs is 1. The molecule has 3 aromatic carbocycles. The Kier molecular flexibility index (Phi) is 5.35. The third-order valence-corrected chi connectivity index (χ3v) is 8.47. The van der Waals surface area contributed by atoms with E-state index in [2.05, 4.69) is 18.2 Å². The molecule has 0 aromatic heterocycles. The lowest BCUT2D eigenvalue weighted by Gasteiger charge is -2.28. The highest BCUT2D eigenvalue weighted by Gasteiger charge is 2.44. The first kappa shape index (κ1) is 20.9. The summed E-state index contributed by atoms with van der Waals surface area (Å²) in [7, 11) is -3.74. The highest BCUT2D eigenvalue weighted by atomic mass is 32.2. The number of sulfonamides is 1. The van der Waals surface area contributed by atoms with Crippen LogP contribution in [0, 0.1) is 6.92 Å². The standard InChI is InChI=1S/C26H26N2O3S/c1-19-13-15-21(16-14-19)32(30,31)28-17-7-12-25(28)26(29)27-18-23(20-8-3-2-4-9-20)22-10-5-6-11-24(22)27/h2-6,8-11,13-16,23,25H,7,12,17-18H2,1H3/t23?,25-/m1/s1. The molecule has 5 nitrogen and oxygen atoms in total. The summed E-state index contributed by atoms with van der Waals surface area (Å²) in [5, 5.41) is 0. The van der Waals surface area contributed by atoms with Crippen molar-refractivity contribution < 1.29 is 13.2 Å². The van der Waals surface area contributed by atoms with Crippen LogP contribution in [0.5, 0.6) is 0 Å². The average molecular weight is 447 g/mol. The van der Waals surface area contributed by atoms with Gasteiger partial charge in [-0.25, -0.2) is 8.42 Å². The van der Waals surface area contributed by atoms with Crippen LogP contribution < -0.4 is 4.90 Å². The van der Waals surface area contributed by atoms with Crippen LogP contribution >= 0.6 is 0 Å². The fourth-order valence-electron chi connectivity index (χ4n) is 4.89. The van der Waals surface area contributed by atoms with Gasteiger partial charge in [0.05, 0.1) is 4.90 Å². The first-order valence-corrected chi connectivity index (χ1v) is 12.4. The first-order chi connectivity index (χ1) is 15.5. The number of benzene rings is 3. The predicted molar refractivity (Wildman–Crippen MR) is 125 cm³/mol. The molecule has 0 N–H and O–H groups in total. The lowest BCUT2D eigenvalue weighted by atomic mass is 9.93. The molecule has 0 saturated carbocycles. The van der Waals surface area contributed by atoms with Crippen LogP contribution in [-0.2, 0) is 14.8 Å². The molecule has 2 aliphatic rings. The molecule has 2 heterocycles. The highest BCUT2D eigenvalue weighted by molar-refractivity contribution is 7.89. The molecule has 5 rings (SSSR count). The topological polar surface area (TPSA) is 57.7 Å². The number of carbonyl (C=O) groups is 1. The molecule has 1 saturated heterocycles. The fraction of sp³-hybridized carbons (Fsp3) is 0.269. The summed E-state index contributed by atoms with van der Waals surface area (Å²) in [5.41, 5.74) is 4.15. The molecule has 1 amide bonds. The van der Waals surface area contributed by atoms with Crippen LogP contribution in [0.3, 0.4) is 0 Å². The van der Waals surface area contributed by atoms with Crippen LogP contribution in [0.2, 0.25) is 0 Å². The summed E-state index contributed by atoms with van der Waals surface area (Å²) in [6.45, 7) is 2.81. The molecule has 1 fully saturated rings. The molecule has 6 heteroatoms. The molecular formula is C26H26N2O3S. The van der Waals surface area contributed by atoms with Gasteiger partial charge in [0.2, 0.25) is 15.9 Å². The number of nitrogens with zero attached hydrogens (tertiary/aromatic N) is 2. The lowest BCUT2D eigenvalue weighted by molar-refractivity contribution is -0.121. The van der Waals surface area contributed by atoms with E-state index in [9.17, 15) is 13.2 Å². The van der Waals surface area contributed by atoms with E-state index in [-0.39, 0.29) is 16.7 Å². The number of aryl methyl sites for hydroxylation is 1. The van der Waals surface area contributed by atoms with Gasteiger partial charge in [-0.05, 0) is 49.1 Å². The first-order valence-electron chi connectivity index (χ1n) is 11.0. The second-order valence-electron chi connectivity index (χ2n) is 8.56. The molecule has 0 aliphatic carbocycles. The van der Waals surface area contributed by atoms with Gasteiger partial charge in [0.1, 0.15) is 6.04 Å². The van der Waals surface area contributed by atoms with Crippen molar-refractivity contribution >= 4 is 21.6 Å². The van der Waals surface area contributed by atoms with E-state index >= 15 is 0 Å². The molecule has 32 heavy (non-hydrogen) atoms. The van der Waals surface area contributed by atoms with Crippen molar-refractivity contribution in [2.75, 3.05) is 18.0 Å². The number of rotatable bonds is 4. The van der Waals surface area contributed by atoms with Crippen LogP contribution in [0.25, 0.3) is 0 Å². The third kappa shape index (κ3) is 3.53.